The Morgan fingerprint density at radius 1 is 1.20 bits per heavy atom. The number of aromatic nitrogens is 2. The predicted molar refractivity (Wildman–Crippen MR) is 85.7 cm³/mol. The van der Waals surface area contributed by atoms with Gasteiger partial charge in [-0.15, -0.1) is 0 Å². The molecule has 1 saturated heterocycles. The highest BCUT2D eigenvalue weighted by atomic mass is 19.3. The van der Waals surface area contributed by atoms with Crippen molar-refractivity contribution in [2.75, 3.05) is 40.3 Å². The highest BCUT2D eigenvalue weighted by Crippen LogP contribution is 2.32. The van der Waals surface area contributed by atoms with E-state index >= 15 is 0 Å². The molecule has 0 amide bonds. The van der Waals surface area contributed by atoms with E-state index < -0.39 is 6.61 Å². The van der Waals surface area contributed by atoms with Crippen molar-refractivity contribution in [3.8, 4) is 22.9 Å². The van der Waals surface area contributed by atoms with Gasteiger partial charge >= 0.3 is 6.61 Å². The maximum Gasteiger partial charge on any atom is 0.387 e. The Labute approximate surface area is 144 Å². The molecule has 1 aromatic carbocycles. The fourth-order valence-corrected chi connectivity index (χ4v) is 2.63. The molecule has 1 aromatic heterocycles. The summed E-state index contributed by atoms with van der Waals surface area (Å²) in [4.78, 5) is 8.90. The van der Waals surface area contributed by atoms with Gasteiger partial charge in [-0.1, -0.05) is 5.16 Å². The van der Waals surface area contributed by atoms with Crippen molar-refractivity contribution < 1.29 is 22.8 Å². The molecule has 0 bridgehead atoms. The molecule has 2 aromatic rings. The summed E-state index contributed by atoms with van der Waals surface area (Å²) in [5.74, 6) is 1.04. The summed E-state index contributed by atoms with van der Waals surface area (Å²) in [6.07, 6.45) is 0. The Balaban J connectivity index is 1.71. The van der Waals surface area contributed by atoms with Crippen LogP contribution < -0.4 is 9.47 Å². The van der Waals surface area contributed by atoms with Gasteiger partial charge in [-0.25, -0.2) is 0 Å². The molecule has 0 N–H and O–H groups in total. The summed E-state index contributed by atoms with van der Waals surface area (Å²) in [5, 5.41) is 3.97. The van der Waals surface area contributed by atoms with Crippen molar-refractivity contribution in [2.45, 2.75) is 13.2 Å². The normalized spacial score (nSPS) is 16.4. The summed E-state index contributed by atoms with van der Waals surface area (Å²) in [6.45, 7) is 1.57. The van der Waals surface area contributed by atoms with Crippen LogP contribution in [0.3, 0.4) is 0 Å². The van der Waals surface area contributed by atoms with Crippen molar-refractivity contribution in [1.29, 1.82) is 0 Å². The molecule has 0 unspecified atom stereocenters. The van der Waals surface area contributed by atoms with Crippen LogP contribution in [0.1, 0.15) is 5.89 Å². The molecule has 0 radical (unpaired) electrons. The zero-order valence-corrected chi connectivity index (χ0v) is 14.1. The van der Waals surface area contributed by atoms with E-state index in [4.69, 9.17) is 9.26 Å². The minimum absolute atomic E-state index is 0.0394. The molecule has 0 spiro atoms. The van der Waals surface area contributed by atoms with Crippen LogP contribution in [-0.4, -0.2) is 66.9 Å². The SMILES string of the molecule is COc1cc(-c2noc(CN3CCN(C)CC3)n2)ccc1OC(F)F. The molecule has 7 nitrogen and oxygen atoms in total. The Kier molecular flexibility index (Phi) is 5.44. The molecule has 3 rings (SSSR count). The molecule has 136 valence electrons. The number of alkyl halides is 2. The second kappa shape index (κ2) is 7.75. The number of rotatable bonds is 6. The number of nitrogens with zero attached hydrogens (tertiary/aromatic N) is 4. The predicted octanol–water partition coefficient (Wildman–Crippen LogP) is 2.09. The third-order valence-electron chi connectivity index (χ3n) is 4.06. The maximum absolute atomic E-state index is 12.4. The molecule has 1 aliphatic rings. The van der Waals surface area contributed by atoms with Gasteiger partial charge in [-0.3, -0.25) is 4.90 Å². The van der Waals surface area contributed by atoms with Gasteiger partial charge in [0.1, 0.15) is 0 Å². The van der Waals surface area contributed by atoms with Crippen molar-refractivity contribution in [3.05, 3.63) is 24.1 Å². The highest BCUT2D eigenvalue weighted by Gasteiger charge is 2.18. The van der Waals surface area contributed by atoms with Gasteiger partial charge in [0.15, 0.2) is 11.5 Å². The number of ether oxygens (including phenoxy) is 2. The first-order valence-electron chi connectivity index (χ1n) is 7.92. The Morgan fingerprint density at radius 2 is 1.96 bits per heavy atom. The van der Waals surface area contributed by atoms with E-state index in [1.807, 2.05) is 0 Å². The summed E-state index contributed by atoms with van der Waals surface area (Å²) < 4.78 is 39.6. The molecule has 0 aliphatic carbocycles. The molecular formula is C16H20F2N4O3. The molecule has 1 fully saturated rings. The number of likely N-dealkylation sites (N-methyl/N-ethyl adjacent to an activating group) is 1. The standard InChI is InChI=1S/C16H20F2N4O3/c1-21-5-7-22(8-6-21)10-14-19-15(20-25-14)11-3-4-12(24-16(17)18)13(9-11)23-2/h3-4,9,16H,5-8,10H2,1-2H3. The number of piperazine rings is 1. The van der Waals surface area contributed by atoms with E-state index in [1.165, 1.54) is 13.2 Å². The van der Waals surface area contributed by atoms with Crippen molar-refractivity contribution >= 4 is 0 Å². The Morgan fingerprint density at radius 3 is 2.64 bits per heavy atom. The maximum atomic E-state index is 12.4. The van der Waals surface area contributed by atoms with Gasteiger partial charge in [-0.05, 0) is 25.2 Å². The first kappa shape index (κ1) is 17.6. The number of hydrogen-bond donors (Lipinski definition) is 0. The van der Waals surface area contributed by atoms with Crippen molar-refractivity contribution in [1.82, 2.24) is 19.9 Å². The van der Waals surface area contributed by atoms with Gasteiger partial charge in [0.05, 0.1) is 13.7 Å². The number of methoxy groups -OCH3 is 1. The summed E-state index contributed by atoms with van der Waals surface area (Å²) in [7, 11) is 3.48. The number of hydrogen-bond acceptors (Lipinski definition) is 7. The third-order valence-corrected chi connectivity index (χ3v) is 4.06. The highest BCUT2D eigenvalue weighted by molar-refractivity contribution is 5.60. The lowest BCUT2D eigenvalue weighted by atomic mass is 10.2. The lowest BCUT2D eigenvalue weighted by Gasteiger charge is -2.31. The smallest absolute Gasteiger partial charge is 0.387 e. The van der Waals surface area contributed by atoms with E-state index in [0.717, 1.165) is 26.2 Å². The van der Waals surface area contributed by atoms with Gasteiger partial charge in [0.2, 0.25) is 11.7 Å². The summed E-state index contributed by atoms with van der Waals surface area (Å²) >= 11 is 0. The molecule has 1 aliphatic heterocycles. The van der Waals surface area contributed by atoms with E-state index in [-0.39, 0.29) is 11.5 Å². The Hall–Kier alpha value is -2.26. The lowest BCUT2D eigenvalue weighted by Crippen LogP contribution is -2.43. The van der Waals surface area contributed by atoms with E-state index in [9.17, 15) is 8.78 Å². The second-order valence-electron chi connectivity index (χ2n) is 5.84. The molecule has 0 atom stereocenters. The minimum atomic E-state index is -2.92. The fraction of sp³-hybridized carbons (Fsp3) is 0.500. The van der Waals surface area contributed by atoms with Crippen LogP contribution in [0, 0.1) is 0 Å². The van der Waals surface area contributed by atoms with Crippen LogP contribution in [-0.2, 0) is 6.54 Å². The van der Waals surface area contributed by atoms with E-state index in [0.29, 0.717) is 23.8 Å². The first-order chi connectivity index (χ1) is 12.0. The fourth-order valence-electron chi connectivity index (χ4n) is 2.63. The van der Waals surface area contributed by atoms with E-state index in [1.54, 1.807) is 12.1 Å². The van der Waals surface area contributed by atoms with Gasteiger partial charge in [0, 0.05) is 31.7 Å². The Bertz CT molecular complexity index is 702. The van der Waals surface area contributed by atoms with E-state index in [2.05, 4.69) is 31.7 Å². The first-order valence-corrected chi connectivity index (χ1v) is 7.92. The van der Waals surface area contributed by atoms with Crippen LogP contribution in [0.25, 0.3) is 11.4 Å². The zero-order chi connectivity index (χ0) is 17.8. The topological polar surface area (TPSA) is 63.9 Å². The van der Waals surface area contributed by atoms with Crippen molar-refractivity contribution in [3.63, 3.8) is 0 Å². The molecule has 2 heterocycles. The second-order valence-corrected chi connectivity index (χ2v) is 5.84. The quantitative estimate of drug-likeness (QED) is 0.787. The number of benzene rings is 1. The van der Waals surface area contributed by atoms with Crippen molar-refractivity contribution in [2.24, 2.45) is 0 Å². The van der Waals surface area contributed by atoms with Gasteiger partial charge in [-0.2, -0.15) is 13.8 Å². The zero-order valence-electron chi connectivity index (χ0n) is 14.1. The van der Waals surface area contributed by atoms with Crippen LogP contribution in [0.2, 0.25) is 0 Å². The molecule has 25 heavy (non-hydrogen) atoms. The molecule has 9 heteroatoms. The largest absolute Gasteiger partial charge is 0.493 e. The van der Waals surface area contributed by atoms with Crippen LogP contribution >= 0.6 is 0 Å². The lowest BCUT2D eigenvalue weighted by molar-refractivity contribution is -0.0512. The molecular weight excluding hydrogens is 334 g/mol. The van der Waals surface area contributed by atoms with Gasteiger partial charge in [0.25, 0.3) is 0 Å². The van der Waals surface area contributed by atoms with Crippen LogP contribution in [0.15, 0.2) is 22.7 Å². The number of halogens is 2. The molecule has 0 saturated carbocycles. The summed E-state index contributed by atoms with van der Waals surface area (Å²) in [5.41, 5.74) is 0.604. The third kappa shape index (κ3) is 4.43. The monoisotopic (exact) mass is 354 g/mol. The van der Waals surface area contributed by atoms with Crippen LogP contribution in [0.5, 0.6) is 11.5 Å². The minimum Gasteiger partial charge on any atom is -0.493 e. The van der Waals surface area contributed by atoms with Crippen LogP contribution in [0.4, 0.5) is 8.78 Å². The van der Waals surface area contributed by atoms with Gasteiger partial charge < -0.3 is 18.9 Å². The average Bonchev–Trinajstić information content (AvgIpc) is 3.05. The average molecular weight is 354 g/mol. The summed E-state index contributed by atoms with van der Waals surface area (Å²) in [6, 6.07) is 4.53.